The van der Waals surface area contributed by atoms with Crippen LogP contribution in [0.5, 0.6) is 5.75 Å². The lowest BCUT2D eigenvalue weighted by atomic mass is 10.0. The highest BCUT2D eigenvalue weighted by atomic mass is 19.1. The summed E-state index contributed by atoms with van der Waals surface area (Å²) in [7, 11) is 0. The van der Waals surface area contributed by atoms with E-state index in [2.05, 4.69) is 5.16 Å². The average molecular weight is 465 g/mol. The number of aromatic nitrogens is 1. The molecule has 1 unspecified atom stereocenters. The van der Waals surface area contributed by atoms with Crippen molar-refractivity contribution in [2.75, 3.05) is 13.1 Å². The van der Waals surface area contributed by atoms with Gasteiger partial charge in [0.15, 0.2) is 18.1 Å². The number of ether oxygens (including phenoxy) is 2. The average Bonchev–Trinajstić information content (AvgIpc) is 3.54. The Morgan fingerprint density at radius 2 is 1.65 bits per heavy atom. The second-order valence-corrected chi connectivity index (χ2v) is 8.76. The minimum absolute atomic E-state index is 0.00195. The van der Waals surface area contributed by atoms with Crippen molar-refractivity contribution in [2.45, 2.75) is 25.6 Å². The van der Waals surface area contributed by atoms with Crippen LogP contribution in [0.3, 0.4) is 0 Å². The molecule has 0 spiro atoms. The lowest BCUT2D eigenvalue weighted by Crippen LogP contribution is -2.31. The number of nitrogens with zero attached hydrogens (tertiary/aromatic N) is 2. The quantitative estimate of drug-likeness (QED) is 0.589. The first kappa shape index (κ1) is 21.9. The van der Waals surface area contributed by atoms with Crippen LogP contribution in [-0.4, -0.2) is 41.3 Å². The summed E-state index contributed by atoms with van der Waals surface area (Å²) in [5.41, 5.74) is 7.08. The van der Waals surface area contributed by atoms with Gasteiger partial charge >= 0.3 is 6.09 Å². The lowest BCUT2D eigenvalue weighted by Gasteiger charge is -2.19. The Balaban J connectivity index is 1.09. The van der Waals surface area contributed by atoms with Crippen LogP contribution in [0.15, 0.2) is 59.1 Å². The van der Waals surface area contributed by atoms with Gasteiger partial charge in [0, 0.05) is 19.2 Å². The minimum Gasteiger partial charge on any atom is -0.490 e. The molecule has 8 nitrogen and oxygen atoms in total. The van der Waals surface area contributed by atoms with Crippen LogP contribution in [0.2, 0.25) is 0 Å². The second-order valence-electron chi connectivity index (χ2n) is 8.76. The number of hydrogen-bond donors (Lipinski definition) is 1. The van der Waals surface area contributed by atoms with Crippen molar-refractivity contribution < 1.29 is 28.0 Å². The number of fused-ring (bicyclic) bond motifs is 1. The zero-order chi connectivity index (χ0) is 23.7. The predicted molar refractivity (Wildman–Crippen MR) is 119 cm³/mol. The summed E-state index contributed by atoms with van der Waals surface area (Å²) in [6.07, 6.45) is 1.43. The van der Waals surface area contributed by atoms with Gasteiger partial charge in [-0.3, -0.25) is 4.79 Å². The molecule has 2 N–H and O–H groups in total. The van der Waals surface area contributed by atoms with Crippen molar-refractivity contribution in [3.8, 4) is 16.9 Å². The number of amides is 2. The van der Waals surface area contributed by atoms with Crippen LogP contribution in [0.25, 0.3) is 11.1 Å². The molecule has 0 bridgehead atoms. The highest BCUT2D eigenvalue weighted by molar-refractivity contribution is 5.90. The number of halogens is 1. The third-order valence-corrected chi connectivity index (χ3v) is 6.45. The highest BCUT2D eigenvalue weighted by Gasteiger charge is 2.43. The van der Waals surface area contributed by atoms with Crippen molar-refractivity contribution in [1.82, 2.24) is 10.1 Å². The van der Waals surface area contributed by atoms with Crippen molar-refractivity contribution in [1.29, 1.82) is 0 Å². The molecule has 1 aromatic heterocycles. The van der Waals surface area contributed by atoms with E-state index in [4.69, 9.17) is 19.7 Å². The molecule has 5 rings (SSSR count). The summed E-state index contributed by atoms with van der Waals surface area (Å²) in [6.45, 7) is 1.14. The maximum Gasteiger partial charge on any atom is 0.410 e. The lowest BCUT2D eigenvalue weighted by molar-refractivity contribution is 0.0899. The number of carbonyl (C=O) groups excluding carboxylic acids is 2. The standard InChI is InChI=1S/C25H24FN3O5/c26-19-5-1-15(2-6-19)16-3-7-20(8-4-16)33-21-9-17-12-29(13-18(17)10-21)25(31)32-14-22-11-23(24(27)30)28-34-22/h1-8,11,17-18,21H,9-10,12-14H2,(H2,27,30)/t17-,18+,21?. The first-order valence-electron chi connectivity index (χ1n) is 11.1. The Bertz CT molecular complexity index is 1160. The fourth-order valence-electron chi connectivity index (χ4n) is 4.77. The second kappa shape index (κ2) is 9.17. The summed E-state index contributed by atoms with van der Waals surface area (Å²) >= 11 is 0. The van der Waals surface area contributed by atoms with Crippen molar-refractivity contribution in [3.63, 3.8) is 0 Å². The minimum atomic E-state index is -0.700. The number of carbonyl (C=O) groups is 2. The van der Waals surface area contributed by atoms with Gasteiger partial charge in [0.1, 0.15) is 11.6 Å². The number of benzene rings is 2. The maximum absolute atomic E-state index is 13.1. The highest BCUT2D eigenvalue weighted by Crippen LogP contribution is 2.40. The molecule has 1 saturated heterocycles. The largest absolute Gasteiger partial charge is 0.490 e. The molecular formula is C25H24FN3O5. The van der Waals surface area contributed by atoms with Gasteiger partial charge in [0.25, 0.3) is 5.91 Å². The summed E-state index contributed by atoms with van der Waals surface area (Å²) < 4.78 is 29.6. The molecule has 176 valence electrons. The van der Waals surface area contributed by atoms with Gasteiger partial charge in [-0.05, 0) is 60.1 Å². The molecule has 3 aromatic rings. The molecule has 2 aromatic carbocycles. The topological polar surface area (TPSA) is 108 Å². The number of rotatable bonds is 6. The molecule has 3 atom stereocenters. The van der Waals surface area contributed by atoms with Gasteiger partial charge in [0.2, 0.25) is 0 Å². The summed E-state index contributed by atoms with van der Waals surface area (Å²) in [5, 5.41) is 3.52. The molecular weight excluding hydrogens is 441 g/mol. The number of primary amides is 1. The van der Waals surface area contributed by atoms with Crippen LogP contribution in [0.4, 0.5) is 9.18 Å². The van der Waals surface area contributed by atoms with E-state index in [1.807, 2.05) is 24.3 Å². The first-order valence-corrected chi connectivity index (χ1v) is 11.1. The Kier molecular flexibility index (Phi) is 5.91. The Morgan fingerprint density at radius 1 is 1.03 bits per heavy atom. The molecule has 9 heteroatoms. The first-order chi connectivity index (χ1) is 16.4. The Hall–Kier alpha value is -3.88. The maximum atomic E-state index is 13.1. The molecule has 2 fully saturated rings. The fraction of sp³-hybridized carbons (Fsp3) is 0.320. The van der Waals surface area contributed by atoms with E-state index in [-0.39, 0.29) is 30.0 Å². The third-order valence-electron chi connectivity index (χ3n) is 6.45. The number of likely N-dealkylation sites (tertiary alicyclic amines) is 1. The van der Waals surface area contributed by atoms with Crippen LogP contribution < -0.4 is 10.5 Å². The van der Waals surface area contributed by atoms with Crippen LogP contribution in [0.1, 0.15) is 29.1 Å². The fourth-order valence-corrected chi connectivity index (χ4v) is 4.77. The van der Waals surface area contributed by atoms with Crippen molar-refractivity contribution in [3.05, 3.63) is 71.9 Å². The molecule has 2 amide bonds. The summed E-state index contributed by atoms with van der Waals surface area (Å²) in [4.78, 5) is 25.2. The van der Waals surface area contributed by atoms with E-state index >= 15 is 0 Å². The van der Waals surface area contributed by atoms with E-state index in [1.165, 1.54) is 18.2 Å². The van der Waals surface area contributed by atoms with E-state index in [1.54, 1.807) is 17.0 Å². The molecule has 2 aliphatic rings. The van der Waals surface area contributed by atoms with Gasteiger partial charge in [-0.25, -0.2) is 9.18 Å². The van der Waals surface area contributed by atoms with Crippen LogP contribution in [-0.2, 0) is 11.3 Å². The normalized spacial score (nSPS) is 21.3. The molecule has 1 aliphatic carbocycles. The molecule has 1 aliphatic heterocycles. The van der Waals surface area contributed by atoms with Gasteiger partial charge in [-0.1, -0.05) is 29.4 Å². The zero-order valence-corrected chi connectivity index (χ0v) is 18.4. The van der Waals surface area contributed by atoms with Gasteiger partial charge in [-0.2, -0.15) is 0 Å². The van der Waals surface area contributed by atoms with E-state index in [0.717, 1.165) is 29.7 Å². The van der Waals surface area contributed by atoms with Gasteiger partial charge < -0.3 is 24.6 Å². The third kappa shape index (κ3) is 4.73. The zero-order valence-electron chi connectivity index (χ0n) is 18.4. The van der Waals surface area contributed by atoms with Gasteiger partial charge in [0.05, 0.1) is 6.10 Å². The van der Waals surface area contributed by atoms with E-state index < -0.39 is 12.0 Å². The molecule has 2 heterocycles. The summed E-state index contributed by atoms with van der Waals surface area (Å²) in [6, 6.07) is 15.6. The van der Waals surface area contributed by atoms with Gasteiger partial charge in [-0.15, -0.1) is 0 Å². The summed E-state index contributed by atoms with van der Waals surface area (Å²) in [5.74, 6) is 0.839. The smallest absolute Gasteiger partial charge is 0.410 e. The predicted octanol–water partition coefficient (Wildman–Crippen LogP) is 4.01. The van der Waals surface area contributed by atoms with E-state index in [9.17, 15) is 14.0 Å². The monoisotopic (exact) mass is 465 g/mol. The Labute approximate surface area is 195 Å². The molecule has 1 saturated carbocycles. The SMILES string of the molecule is NC(=O)c1cc(COC(=O)N2C[C@H]3CC(Oc4ccc(-c5ccc(F)cc5)cc4)C[C@H]3C2)on1. The van der Waals surface area contributed by atoms with Crippen molar-refractivity contribution in [2.24, 2.45) is 17.6 Å². The number of hydrogen-bond acceptors (Lipinski definition) is 6. The van der Waals surface area contributed by atoms with Crippen LogP contribution in [0, 0.1) is 17.7 Å². The number of nitrogens with two attached hydrogens (primary N) is 1. The molecule has 34 heavy (non-hydrogen) atoms. The van der Waals surface area contributed by atoms with Crippen LogP contribution >= 0.6 is 0 Å². The molecule has 0 radical (unpaired) electrons. The van der Waals surface area contributed by atoms with Crippen molar-refractivity contribution >= 4 is 12.0 Å². The van der Waals surface area contributed by atoms with E-state index in [0.29, 0.717) is 24.9 Å². The Morgan fingerprint density at radius 3 is 2.24 bits per heavy atom.